The molecule has 0 bridgehead atoms. The lowest BCUT2D eigenvalue weighted by atomic mass is 9.96. The average molecular weight is 246 g/mol. The van der Waals surface area contributed by atoms with Crippen LogP contribution in [0.15, 0.2) is 18.3 Å². The topological polar surface area (TPSA) is 64.4 Å². The van der Waals surface area contributed by atoms with Crippen molar-refractivity contribution in [2.24, 2.45) is 7.05 Å². The second kappa shape index (κ2) is 4.01. The van der Waals surface area contributed by atoms with Gasteiger partial charge in [-0.1, -0.05) is 0 Å². The number of aromatic carboxylic acids is 1. The number of carboxylic acid groups (broad SMARTS) is 1. The molecule has 1 aliphatic rings. The molecule has 0 saturated heterocycles. The van der Waals surface area contributed by atoms with Gasteiger partial charge in [0.1, 0.15) is 11.3 Å². The first kappa shape index (κ1) is 11.1. The second-order valence-corrected chi connectivity index (χ2v) is 4.69. The van der Waals surface area contributed by atoms with Crippen molar-refractivity contribution in [3.05, 3.63) is 23.9 Å². The Labute approximate surface area is 104 Å². The lowest BCUT2D eigenvalue weighted by Gasteiger charge is -2.27. The molecule has 1 aromatic heterocycles. The lowest BCUT2D eigenvalue weighted by Crippen LogP contribution is -2.25. The van der Waals surface area contributed by atoms with Crippen molar-refractivity contribution < 1.29 is 14.6 Å². The molecule has 1 aromatic carbocycles. The fraction of sp³-hybridized carbons (Fsp3) is 0.385. The van der Waals surface area contributed by atoms with Crippen LogP contribution in [0.1, 0.15) is 29.6 Å². The predicted octanol–water partition coefficient (Wildman–Crippen LogP) is 2.20. The fourth-order valence-corrected chi connectivity index (χ4v) is 2.11. The van der Waals surface area contributed by atoms with E-state index in [1.54, 1.807) is 23.0 Å². The van der Waals surface area contributed by atoms with Crippen LogP contribution >= 0.6 is 0 Å². The first-order valence-corrected chi connectivity index (χ1v) is 6.01. The molecule has 94 valence electrons. The molecule has 0 amide bonds. The van der Waals surface area contributed by atoms with Crippen LogP contribution < -0.4 is 4.74 Å². The van der Waals surface area contributed by atoms with Gasteiger partial charge >= 0.3 is 5.97 Å². The third-order valence-electron chi connectivity index (χ3n) is 3.30. The molecule has 3 rings (SSSR count). The van der Waals surface area contributed by atoms with E-state index >= 15 is 0 Å². The number of rotatable bonds is 3. The van der Waals surface area contributed by atoms with E-state index in [-0.39, 0.29) is 11.7 Å². The lowest BCUT2D eigenvalue weighted by molar-refractivity contribution is 0.0680. The number of benzene rings is 1. The molecule has 0 spiro atoms. The van der Waals surface area contributed by atoms with Crippen LogP contribution in [0, 0.1) is 0 Å². The second-order valence-electron chi connectivity index (χ2n) is 4.69. The summed E-state index contributed by atoms with van der Waals surface area (Å²) in [5, 5.41) is 14.3. The third-order valence-corrected chi connectivity index (χ3v) is 3.30. The molecule has 0 radical (unpaired) electrons. The van der Waals surface area contributed by atoms with Gasteiger partial charge in [-0.3, -0.25) is 4.68 Å². The van der Waals surface area contributed by atoms with Crippen LogP contribution in [0.5, 0.6) is 5.75 Å². The SMILES string of the molecule is Cn1cc2cc(C(=O)O)c(OC3CCC3)cc2n1. The zero-order valence-corrected chi connectivity index (χ0v) is 10.1. The quantitative estimate of drug-likeness (QED) is 0.901. The van der Waals surface area contributed by atoms with Crippen LogP contribution in [0.2, 0.25) is 0 Å². The normalized spacial score (nSPS) is 15.6. The summed E-state index contributed by atoms with van der Waals surface area (Å²) in [5.74, 6) is -0.534. The number of carboxylic acids is 1. The van der Waals surface area contributed by atoms with Crippen molar-refractivity contribution >= 4 is 16.9 Å². The number of carbonyl (C=O) groups is 1. The Morgan fingerprint density at radius 3 is 2.89 bits per heavy atom. The van der Waals surface area contributed by atoms with Crippen molar-refractivity contribution in [2.45, 2.75) is 25.4 Å². The number of aryl methyl sites for hydroxylation is 1. The van der Waals surface area contributed by atoms with Gasteiger partial charge in [-0.25, -0.2) is 4.79 Å². The maximum absolute atomic E-state index is 11.3. The summed E-state index contributed by atoms with van der Waals surface area (Å²) in [5.41, 5.74) is 0.972. The minimum atomic E-state index is -0.963. The Bertz CT molecular complexity index is 614. The molecule has 0 aliphatic heterocycles. The molecule has 18 heavy (non-hydrogen) atoms. The highest BCUT2D eigenvalue weighted by Crippen LogP contribution is 2.30. The zero-order chi connectivity index (χ0) is 12.7. The highest BCUT2D eigenvalue weighted by Gasteiger charge is 2.22. The van der Waals surface area contributed by atoms with Crippen molar-refractivity contribution in [1.82, 2.24) is 9.78 Å². The summed E-state index contributed by atoms with van der Waals surface area (Å²) in [6.07, 6.45) is 5.11. The van der Waals surface area contributed by atoms with Crippen molar-refractivity contribution in [2.75, 3.05) is 0 Å². The average Bonchev–Trinajstić information content (AvgIpc) is 2.61. The van der Waals surface area contributed by atoms with Gasteiger partial charge in [0.2, 0.25) is 0 Å². The van der Waals surface area contributed by atoms with E-state index < -0.39 is 5.97 Å². The van der Waals surface area contributed by atoms with Gasteiger partial charge in [0, 0.05) is 24.7 Å². The van der Waals surface area contributed by atoms with Gasteiger partial charge in [0.25, 0.3) is 0 Å². The summed E-state index contributed by atoms with van der Waals surface area (Å²) >= 11 is 0. The van der Waals surface area contributed by atoms with E-state index in [1.165, 1.54) is 0 Å². The summed E-state index contributed by atoms with van der Waals surface area (Å²) < 4.78 is 7.40. The number of aromatic nitrogens is 2. The number of fused-ring (bicyclic) bond motifs is 1. The Balaban J connectivity index is 2.07. The molecule has 0 unspecified atom stereocenters. The highest BCUT2D eigenvalue weighted by molar-refractivity contribution is 5.96. The summed E-state index contributed by atoms with van der Waals surface area (Å²) in [6, 6.07) is 3.34. The molecule has 5 nitrogen and oxygen atoms in total. The molecule has 1 aliphatic carbocycles. The molecule has 0 atom stereocenters. The minimum absolute atomic E-state index is 0.157. The van der Waals surface area contributed by atoms with Crippen LogP contribution in [0.25, 0.3) is 10.9 Å². The smallest absolute Gasteiger partial charge is 0.339 e. The molecule has 5 heteroatoms. The van der Waals surface area contributed by atoms with Gasteiger partial charge < -0.3 is 9.84 Å². The molecular weight excluding hydrogens is 232 g/mol. The van der Waals surface area contributed by atoms with E-state index in [0.29, 0.717) is 5.75 Å². The molecule has 1 fully saturated rings. The first-order valence-electron chi connectivity index (χ1n) is 6.01. The summed E-state index contributed by atoms with van der Waals surface area (Å²) in [7, 11) is 1.81. The predicted molar refractivity (Wildman–Crippen MR) is 65.9 cm³/mol. The van der Waals surface area contributed by atoms with Crippen molar-refractivity contribution in [1.29, 1.82) is 0 Å². The minimum Gasteiger partial charge on any atom is -0.489 e. The van der Waals surface area contributed by atoms with Crippen LogP contribution in [-0.2, 0) is 7.05 Å². The summed E-state index contributed by atoms with van der Waals surface area (Å²) in [6.45, 7) is 0. The zero-order valence-electron chi connectivity index (χ0n) is 10.1. The van der Waals surface area contributed by atoms with Crippen LogP contribution in [-0.4, -0.2) is 27.0 Å². The molecule has 2 aromatic rings. The Morgan fingerprint density at radius 2 is 2.28 bits per heavy atom. The molecular formula is C13H14N2O3. The van der Waals surface area contributed by atoms with E-state index in [9.17, 15) is 9.90 Å². The van der Waals surface area contributed by atoms with Gasteiger partial charge in [-0.2, -0.15) is 5.10 Å². The standard InChI is InChI=1S/C13H14N2O3/c1-15-7-8-5-10(13(16)17)12(6-11(8)14-15)18-9-3-2-4-9/h5-7,9H,2-4H2,1H3,(H,16,17). The number of ether oxygens (including phenoxy) is 1. The van der Waals surface area contributed by atoms with Gasteiger partial charge in [0.15, 0.2) is 0 Å². The van der Waals surface area contributed by atoms with E-state index in [1.807, 2.05) is 7.05 Å². The molecule has 1 heterocycles. The summed E-state index contributed by atoms with van der Waals surface area (Å²) in [4.78, 5) is 11.3. The van der Waals surface area contributed by atoms with Crippen LogP contribution in [0.4, 0.5) is 0 Å². The van der Waals surface area contributed by atoms with E-state index in [4.69, 9.17) is 4.74 Å². The van der Waals surface area contributed by atoms with Crippen molar-refractivity contribution in [3.8, 4) is 5.75 Å². The highest BCUT2D eigenvalue weighted by atomic mass is 16.5. The fourth-order valence-electron chi connectivity index (χ4n) is 2.11. The Hall–Kier alpha value is -2.04. The van der Waals surface area contributed by atoms with E-state index in [0.717, 1.165) is 30.2 Å². The van der Waals surface area contributed by atoms with Crippen LogP contribution in [0.3, 0.4) is 0 Å². The van der Waals surface area contributed by atoms with E-state index in [2.05, 4.69) is 5.10 Å². The maximum Gasteiger partial charge on any atom is 0.339 e. The Morgan fingerprint density at radius 1 is 1.50 bits per heavy atom. The van der Waals surface area contributed by atoms with Gasteiger partial charge in [-0.05, 0) is 25.3 Å². The largest absolute Gasteiger partial charge is 0.489 e. The molecule has 1 saturated carbocycles. The number of nitrogens with zero attached hydrogens (tertiary/aromatic N) is 2. The van der Waals surface area contributed by atoms with Gasteiger partial charge in [-0.15, -0.1) is 0 Å². The maximum atomic E-state index is 11.3. The number of hydrogen-bond acceptors (Lipinski definition) is 3. The first-order chi connectivity index (χ1) is 8.63. The van der Waals surface area contributed by atoms with Crippen molar-refractivity contribution in [3.63, 3.8) is 0 Å². The Kier molecular flexibility index (Phi) is 2.47. The molecule has 1 N–H and O–H groups in total. The van der Waals surface area contributed by atoms with Gasteiger partial charge in [0.05, 0.1) is 11.6 Å². The monoisotopic (exact) mass is 246 g/mol. The third kappa shape index (κ3) is 1.81. The number of hydrogen-bond donors (Lipinski definition) is 1.